The predicted molar refractivity (Wildman–Crippen MR) is 93.7 cm³/mol. The molecule has 126 valence electrons. The maximum atomic E-state index is 12.5. The van der Waals surface area contributed by atoms with Gasteiger partial charge in [0.25, 0.3) is 5.91 Å². The summed E-state index contributed by atoms with van der Waals surface area (Å²) in [6.45, 7) is 5.27. The van der Waals surface area contributed by atoms with Gasteiger partial charge in [0.2, 0.25) is 0 Å². The number of furan rings is 1. The van der Waals surface area contributed by atoms with Gasteiger partial charge in [0, 0.05) is 23.8 Å². The number of carbonyl (C=O) groups excluding carboxylic acids is 1. The van der Waals surface area contributed by atoms with Gasteiger partial charge in [0.05, 0.1) is 0 Å². The standard InChI is InChI=1S/C19H23N3O2/c1-12-2-3-14(15(20)10-12)17-4-5-18(24-17)19(23)21-16-11-22-8-6-13(16)7-9-22/h2-5,10,13,16H,6-9,11,20H2,1H3,(H,21,23). The molecule has 4 heterocycles. The Hall–Kier alpha value is -2.27. The summed E-state index contributed by atoms with van der Waals surface area (Å²) in [6.07, 6.45) is 2.35. The van der Waals surface area contributed by atoms with E-state index >= 15 is 0 Å². The molecule has 3 aliphatic rings. The highest BCUT2D eigenvalue weighted by Crippen LogP contribution is 2.30. The first-order valence-electron chi connectivity index (χ1n) is 8.60. The fourth-order valence-electron chi connectivity index (χ4n) is 3.88. The molecule has 3 fully saturated rings. The van der Waals surface area contributed by atoms with Crippen LogP contribution in [0.25, 0.3) is 11.3 Å². The zero-order valence-corrected chi connectivity index (χ0v) is 13.9. The smallest absolute Gasteiger partial charge is 0.287 e. The average molecular weight is 325 g/mol. The van der Waals surface area contributed by atoms with E-state index in [0.717, 1.165) is 30.8 Å². The Bertz CT molecular complexity index is 760. The van der Waals surface area contributed by atoms with Crippen LogP contribution < -0.4 is 11.1 Å². The van der Waals surface area contributed by atoms with E-state index in [9.17, 15) is 4.79 Å². The molecule has 2 aromatic rings. The Morgan fingerprint density at radius 3 is 2.71 bits per heavy atom. The quantitative estimate of drug-likeness (QED) is 0.851. The molecule has 1 aromatic heterocycles. The van der Waals surface area contributed by atoms with Crippen LogP contribution in [-0.2, 0) is 0 Å². The van der Waals surface area contributed by atoms with Crippen LogP contribution >= 0.6 is 0 Å². The molecule has 3 saturated heterocycles. The van der Waals surface area contributed by atoms with Gasteiger partial charge in [-0.1, -0.05) is 6.07 Å². The average Bonchev–Trinajstić information content (AvgIpc) is 3.06. The molecule has 1 unspecified atom stereocenters. The van der Waals surface area contributed by atoms with Crippen LogP contribution in [0.5, 0.6) is 0 Å². The van der Waals surface area contributed by atoms with Gasteiger partial charge in [-0.05, 0) is 68.6 Å². The van der Waals surface area contributed by atoms with Crippen molar-refractivity contribution >= 4 is 11.6 Å². The Morgan fingerprint density at radius 2 is 2.04 bits per heavy atom. The van der Waals surface area contributed by atoms with E-state index in [0.29, 0.717) is 23.1 Å². The predicted octanol–water partition coefficient (Wildman–Crippen LogP) is 2.66. The maximum Gasteiger partial charge on any atom is 0.287 e. The van der Waals surface area contributed by atoms with Crippen LogP contribution in [0.2, 0.25) is 0 Å². The Kier molecular flexibility index (Phi) is 3.81. The lowest BCUT2D eigenvalue weighted by atomic mass is 9.84. The van der Waals surface area contributed by atoms with Gasteiger partial charge in [-0.2, -0.15) is 0 Å². The highest BCUT2D eigenvalue weighted by molar-refractivity contribution is 5.92. The Balaban J connectivity index is 1.49. The molecule has 3 N–H and O–H groups in total. The van der Waals surface area contributed by atoms with Crippen molar-refractivity contribution in [3.8, 4) is 11.3 Å². The molecule has 1 atom stereocenters. The summed E-state index contributed by atoms with van der Waals surface area (Å²) in [6, 6.07) is 9.60. The summed E-state index contributed by atoms with van der Waals surface area (Å²) in [5.41, 5.74) is 8.65. The van der Waals surface area contributed by atoms with Gasteiger partial charge < -0.3 is 20.4 Å². The number of hydrogen-bond acceptors (Lipinski definition) is 4. The fraction of sp³-hybridized carbons (Fsp3) is 0.421. The zero-order chi connectivity index (χ0) is 16.7. The number of nitrogens with two attached hydrogens (primary N) is 1. The van der Waals surface area contributed by atoms with E-state index in [-0.39, 0.29) is 11.9 Å². The van der Waals surface area contributed by atoms with Gasteiger partial charge in [0.1, 0.15) is 5.76 Å². The topological polar surface area (TPSA) is 71.5 Å². The minimum absolute atomic E-state index is 0.134. The van der Waals surface area contributed by atoms with Crippen LogP contribution in [0.15, 0.2) is 34.7 Å². The molecule has 3 aliphatic heterocycles. The van der Waals surface area contributed by atoms with Crippen molar-refractivity contribution in [1.29, 1.82) is 0 Å². The second-order valence-electron chi connectivity index (χ2n) is 6.97. The van der Waals surface area contributed by atoms with Crippen molar-refractivity contribution in [3.05, 3.63) is 41.7 Å². The highest BCUT2D eigenvalue weighted by atomic mass is 16.3. The molecule has 5 rings (SSSR count). The number of nitrogens with one attached hydrogen (secondary N) is 1. The second kappa shape index (κ2) is 5.98. The van der Waals surface area contributed by atoms with Crippen LogP contribution in [0.4, 0.5) is 5.69 Å². The number of nitrogens with zero attached hydrogens (tertiary/aromatic N) is 1. The van der Waals surface area contributed by atoms with Gasteiger partial charge >= 0.3 is 0 Å². The van der Waals surface area contributed by atoms with Crippen molar-refractivity contribution in [2.45, 2.75) is 25.8 Å². The monoisotopic (exact) mass is 325 g/mol. The van der Waals surface area contributed by atoms with Crippen molar-refractivity contribution < 1.29 is 9.21 Å². The number of rotatable bonds is 3. The molecule has 2 bridgehead atoms. The lowest BCUT2D eigenvalue weighted by Crippen LogP contribution is -2.57. The highest BCUT2D eigenvalue weighted by Gasteiger charge is 2.35. The number of aryl methyl sites for hydroxylation is 1. The SMILES string of the molecule is Cc1ccc(-c2ccc(C(=O)NC3CN4CCC3CC4)o2)c(N)c1. The van der Waals surface area contributed by atoms with E-state index in [2.05, 4.69) is 10.2 Å². The number of anilines is 1. The lowest BCUT2D eigenvalue weighted by Gasteiger charge is -2.44. The number of nitrogen functional groups attached to an aromatic ring is 1. The van der Waals surface area contributed by atoms with Gasteiger partial charge in [-0.15, -0.1) is 0 Å². The minimum Gasteiger partial charge on any atom is -0.451 e. The molecule has 1 amide bonds. The number of piperidine rings is 3. The van der Waals surface area contributed by atoms with Gasteiger partial charge in [0.15, 0.2) is 5.76 Å². The summed E-state index contributed by atoms with van der Waals surface area (Å²) < 4.78 is 5.77. The number of hydrogen-bond donors (Lipinski definition) is 2. The first-order chi connectivity index (χ1) is 11.6. The van der Waals surface area contributed by atoms with Crippen molar-refractivity contribution in [2.24, 2.45) is 5.92 Å². The van der Waals surface area contributed by atoms with Gasteiger partial charge in [-0.3, -0.25) is 4.79 Å². The number of fused-ring (bicyclic) bond motifs is 3. The lowest BCUT2D eigenvalue weighted by molar-refractivity contribution is 0.0606. The molecule has 24 heavy (non-hydrogen) atoms. The Labute approximate surface area is 141 Å². The van der Waals surface area contributed by atoms with Gasteiger partial charge in [-0.25, -0.2) is 0 Å². The van der Waals surface area contributed by atoms with E-state index in [1.807, 2.05) is 31.2 Å². The fourth-order valence-corrected chi connectivity index (χ4v) is 3.88. The van der Waals surface area contributed by atoms with Crippen LogP contribution in [0.1, 0.15) is 29.0 Å². The second-order valence-corrected chi connectivity index (χ2v) is 6.97. The third-order valence-electron chi connectivity index (χ3n) is 5.27. The number of amides is 1. The van der Waals surface area contributed by atoms with E-state index in [4.69, 9.17) is 10.2 Å². The molecule has 1 aromatic carbocycles. The number of carbonyl (C=O) groups is 1. The third-order valence-corrected chi connectivity index (χ3v) is 5.27. The molecule has 0 aliphatic carbocycles. The Morgan fingerprint density at radius 1 is 1.25 bits per heavy atom. The molecular formula is C19H23N3O2. The first kappa shape index (κ1) is 15.3. The third kappa shape index (κ3) is 2.80. The van der Waals surface area contributed by atoms with E-state index in [1.54, 1.807) is 6.07 Å². The van der Waals surface area contributed by atoms with E-state index in [1.165, 1.54) is 12.8 Å². The van der Waals surface area contributed by atoms with Crippen molar-refractivity contribution in [2.75, 3.05) is 25.4 Å². The summed E-state index contributed by atoms with van der Waals surface area (Å²) in [4.78, 5) is 14.9. The van der Waals surface area contributed by atoms with Crippen LogP contribution in [0.3, 0.4) is 0 Å². The summed E-state index contributed by atoms with van der Waals surface area (Å²) in [7, 11) is 0. The van der Waals surface area contributed by atoms with Crippen molar-refractivity contribution in [3.63, 3.8) is 0 Å². The van der Waals surface area contributed by atoms with E-state index < -0.39 is 0 Å². The maximum absolute atomic E-state index is 12.5. The molecule has 0 radical (unpaired) electrons. The molecule has 0 saturated carbocycles. The normalized spacial score (nSPS) is 25.6. The van der Waals surface area contributed by atoms with Crippen LogP contribution in [-0.4, -0.2) is 36.5 Å². The first-order valence-corrected chi connectivity index (χ1v) is 8.60. The largest absolute Gasteiger partial charge is 0.451 e. The molecule has 5 heteroatoms. The van der Waals surface area contributed by atoms with Crippen molar-refractivity contribution in [1.82, 2.24) is 10.2 Å². The molecule has 5 nitrogen and oxygen atoms in total. The summed E-state index contributed by atoms with van der Waals surface area (Å²) >= 11 is 0. The minimum atomic E-state index is -0.134. The molecular weight excluding hydrogens is 302 g/mol. The summed E-state index contributed by atoms with van der Waals surface area (Å²) in [5.74, 6) is 1.44. The number of benzene rings is 1. The summed E-state index contributed by atoms with van der Waals surface area (Å²) in [5, 5.41) is 3.15. The van der Waals surface area contributed by atoms with Crippen LogP contribution in [0, 0.1) is 12.8 Å². The zero-order valence-electron chi connectivity index (χ0n) is 13.9. The molecule has 0 spiro atoms.